The number of sulfonamides is 1. The summed E-state index contributed by atoms with van der Waals surface area (Å²) in [5.74, 6) is -0.882. The summed E-state index contributed by atoms with van der Waals surface area (Å²) in [4.78, 5) is 16.0. The zero-order valence-electron chi connectivity index (χ0n) is 15.7. The number of carbonyl (C=O) groups excluding carboxylic acids is 1. The molecule has 0 atom stereocenters. The minimum atomic E-state index is -3.88. The average molecular weight is 428 g/mol. The predicted octanol–water partition coefficient (Wildman–Crippen LogP) is 1.96. The number of aromatic nitrogens is 1. The molecule has 0 unspecified atom stereocenters. The van der Waals surface area contributed by atoms with Crippen LogP contribution in [0.4, 0.5) is 5.69 Å². The predicted molar refractivity (Wildman–Crippen MR) is 108 cm³/mol. The van der Waals surface area contributed by atoms with Gasteiger partial charge in [0.15, 0.2) is 0 Å². The Morgan fingerprint density at radius 2 is 2.07 bits per heavy atom. The lowest BCUT2D eigenvalue weighted by Crippen LogP contribution is -2.40. The van der Waals surface area contributed by atoms with E-state index in [4.69, 9.17) is 27.7 Å². The van der Waals surface area contributed by atoms with E-state index in [1.165, 1.54) is 24.5 Å². The molecule has 0 aliphatic rings. The average Bonchev–Trinajstić information content (AvgIpc) is 2.65. The number of nitrogens with zero attached hydrogens (tertiary/aromatic N) is 2. The summed E-state index contributed by atoms with van der Waals surface area (Å²) in [7, 11) is -3.88. The first-order valence-electron chi connectivity index (χ1n) is 8.34. The molecule has 0 fully saturated rings. The van der Waals surface area contributed by atoms with Crippen molar-refractivity contribution in [2.45, 2.75) is 25.7 Å². The van der Waals surface area contributed by atoms with Gasteiger partial charge in [0.1, 0.15) is 0 Å². The smallest absolute Gasteiger partial charge is 0.312 e. The summed E-state index contributed by atoms with van der Waals surface area (Å²) in [6, 6.07) is 4.38. The SMILES string of the molecule is CCOC(=O)C(C)(C)CNS(=O)(=O)c1ccc2c(N(Cl)C(=N)N)cncc2c1. The van der Waals surface area contributed by atoms with Crippen LogP contribution in [0.25, 0.3) is 10.8 Å². The lowest BCUT2D eigenvalue weighted by molar-refractivity contribution is -0.152. The van der Waals surface area contributed by atoms with Crippen molar-refractivity contribution in [3.05, 3.63) is 30.6 Å². The number of esters is 1. The molecule has 1 aromatic heterocycles. The van der Waals surface area contributed by atoms with Crippen LogP contribution in [0.1, 0.15) is 20.8 Å². The Bertz CT molecular complexity index is 1010. The number of ether oxygens (including phenoxy) is 1. The molecule has 1 heterocycles. The van der Waals surface area contributed by atoms with E-state index in [2.05, 4.69) is 9.71 Å². The van der Waals surface area contributed by atoms with E-state index in [1.807, 2.05) is 0 Å². The topological polar surface area (TPSA) is 138 Å². The van der Waals surface area contributed by atoms with Crippen LogP contribution in [0.15, 0.2) is 35.5 Å². The number of rotatable bonds is 7. The van der Waals surface area contributed by atoms with Gasteiger partial charge in [0.05, 0.1) is 28.8 Å². The molecule has 2 aromatic rings. The van der Waals surface area contributed by atoms with Gasteiger partial charge in [-0.25, -0.2) is 17.6 Å². The number of guanidine groups is 1. The zero-order valence-corrected chi connectivity index (χ0v) is 17.3. The molecule has 2 rings (SSSR count). The number of nitrogens with one attached hydrogen (secondary N) is 2. The minimum Gasteiger partial charge on any atom is -0.466 e. The van der Waals surface area contributed by atoms with Crippen molar-refractivity contribution in [1.29, 1.82) is 5.41 Å². The molecule has 1 aromatic carbocycles. The molecule has 4 N–H and O–H groups in total. The summed E-state index contributed by atoms with van der Waals surface area (Å²) < 4.78 is 33.6. The van der Waals surface area contributed by atoms with Crippen molar-refractivity contribution in [1.82, 2.24) is 9.71 Å². The Labute approximate surface area is 168 Å². The largest absolute Gasteiger partial charge is 0.466 e. The van der Waals surface area contributed by atoms with E-state index in [9.17, 15) is 13.2 Å². The molecule has 0 spiro atoms. The van der Waals surface area contributed by atoms with Crippen molar-refractivity contribution in [3.8, 4) is 0 Å². The van der Waals surface area contributed by atoms with Gasteiger partial charge in [-0.05, 0) is 32.9 Å². The number of anilines is 1. The third kappa shape index (κ3) is 4.70. The van der Waals surface area contributed by atoms with Gasteiger partial charge in [0.25, 0.3) is 0 Å². The highest BCUT2D eigenvalue weighted by Crippen LogP contribution is 2.29. The summed E-state index contributed by atoms with van der Waals surface area (Å²) >= 11 is 5.97. The highest BCUT2D eigenvalue weighted by atomic mass is 35.5. The Balaban J connectivity index is 2.32. The number of fused-ring (bicyclic) bond motifs is 1. The van der Waals surface area contributed by atoms with Crippen molar-refractivity contribution in [3.63, 3.8) is 0 Å². The van der Waals surface area contributed by atoms with Gasteiger partial charge >= 0.3 is 5.97 Å². The second kappa shape index (κ2) is 8.29. The number of pyridine rings is 1. The summed E-state index contributed by atoms with van der Waals surface area (Å²) in [6.07, 6.45) is 2.90. The van der Waals surface area contributed by atoms with Crippen LogP contribution in [0.2, 0.25) is 0 Å². The van der Waals surface area contributed by atoms with Crippen molar-refractivity contribution in [2.24, 2.45) is 11.1 Å². The molecule has 0 radical (unpaired) electrons. The van der Waals surface area contributed by atoms with Crippen LogP contribution in [-0.4, -0.2) is 38.5 Å². The summed E-state index contributed by atoms with van der Waals surface area (Å²) in [5, 5.41) is 8.50. The van der Waals surface area contributed by atoms with Gasteiger partial charge in [-0.1, -0.05) is 6.07 Å². The number of nitrogens with two attached hydrogens (primary N) is 1. The van der Waals surface area contributed by atoms with E-state index in [-0.39, 0.29) is 18.0 Å². The highest BCUT2D eigenvalue weighted by Gasteiger charge is 2.31. The molecule has 0 aliphatic heterocycles. The molecule has 0 saturated heterocycles. The van der Waals surface area contributed by atoms with Crippen LogP contribution >= 0.6 is 11.8 Å². The number of hydrogen-bond acceptors (Lipinski definition) is 6. The Kier molecular flexibility index (Phi) is 6.48. The van der Waals surface area contributed by atoms with E-state index in [0.717, 1.165) is 4.42 Å². The third-order valence-electron chi connectivity index (χ3n) is 3.97. The molecular formula is C17H22ClN5O4S. The Morgan fingerprint density at radius 1 is 1.39 bits per heavy atom. The highest BCUT2D eigenvalue weighted by molar-refractivity contribution is 7.89. The third-order valence-corrected chi connectivity index (χ3v) is 5.74. The van der Waals surface area contributed by atoms with Crippen LogP contribution in [0.3, 0.4) is 0 Å². The van der Waals surface area contributed by atoms with Gasteiger partial charge < -0.3 is 10.5 Å². The first kappa shape index (κ1) is 21.9. The van der Waals surface area contributed by atoms with Crippen LogP contribution in [-0.2, 0) is 19.6 Å². The molecule has 9 nitrogen and oxygen atoms in total. The van der Waals surface area contributed by atoms with Crippen LogP contribution < -0.4 is 14.9 Å². The van der Waals surface area contributed by atoms with E-state index in [0.29, 0.717) is 16.5 Å². The quantitative estimate of drug-likeness (QED) is 0.265. The standard InChI is InChI=1S/C17H22ClN5O4S/c1-4-27-15(24)17(2,3)10-22-28(25,26)12-5-6-13-11(7-12)8-21-9-14(13)23(18)16(19)20/h5-9,22H,4,10H2,1-3H3,(H3,19,20). The fraction of sp³-hybridized carbons (Fsp3) is 0.353. The van der Waals surface area contributed by atoms with Crippen molar-refractivity contribution < 1.29 is 17.9 Å². The summed E-state index contributed by atoms with van der Waals surface area (Å²) in [6.45, 7) is 4.97. The first-order valence-corrected chi connectivity index (χ1v) is 10.2. The number of halogens is 1. The first-order chi connectivity index (χ1) is 13.0. The second-order valence-electron chi connectivity index (χ2n) is 6.64. The van der Waals surface area contributed by atoms with Gasteiger partial charge in [-0.2, -0.15) is 0 Å². The van der Waals surface area contributed by atoms with Crippen molar-refractivity contribution in [2.75, 3.05) is 17.6 Å². The Hall–Kier alpha value is -2.43. The maximum atomic E-state index is 12.7. The molecule has 11 heteroatoms. The zero-order chi connectivity index (χ0) is 21.1. The van der Waals surface area contributed by atoms with E-state index >= 15 is 0 Å². The van der Waals surface area contributed by atoms with Crippen LogP contribution in [0, 0.1) is 10.8 Å². The maximum Gasteiger partial charge on any atom is 0.312 e. The summed E-state index contributed by atoms with van der Waals surface area (Å²) in [5.41, 5.74) is 4.73. The fourth-order valence-electron chi connectivity index (χ4n) is 2.35. The van der Waals surface area contributed by atoms with Crippen LogP contribution in [0.5, 0.6) is 0 Å². The number of benzene rings is 1. The Morgan fingerprint density at radius 3 is 2.68 bits per heavy atom. The van der Waals surface area contributed by atoms with Gasteiger partial charge in [0, 0.05) is 35.3 Å². The number of carbonyl (C=O) groups is 1. The molecule has 0 bridgehead atoms. The normalized spacial score (nSPS) is 12.0. The maximum absolute atomic E-state index is 12.7. The fourth-order valence-corrected chi connectivity index (χ4v) is 3.73. The van der Waals surface area contributed by atoms with Gasteiger partial charge in [-0.3, -0.25) is 15.2 Å². The minimum absolute atomic E-state index is 0.00237. The second-order valence-corrected chi connectivity index (χ2v) is 8.74. The molecule has 28 heavy (non-hydrogen) atoms. The van der Waals surface area contributed by atoms with Crippen molar-refractivity contribution >= 4 is 50.2 Å². The molecule has 0 aliphatic carbocycles. The lowest BCUT2D eigenvalue weighted by atomic mass is 9.94. The molecular weight excluding hydrogens is 406 g/mol. The lowest BCUT2D eigenvalue weighted by Gasteiger charge is -2.22. The van der Waals surface area contributed by atoms with E-state index < -0.39 is 27.4 Å². The monoisotopic (exact) mass is 427 g/mol. The molecule has 0 saturated carbocycles. The molecule has 152 valence electrons. The van der Waals surface area contributed by atoms with Gasteiger partial charge in [-0.15, -0.1) is 0 Å². The molecule has 0 amide bonds. The number of hydrogen-bond donors (Lipinski definition) is 3. The van der Waals surface area contributed by atoms with Gasteiger partial charge in [0.2, 0.25) is 16.0 Å². The van der Waals surface area contributed by atoms with E-state index in [1.54, 1.807) is 26.8 Å².